The Balaban J connectivity index is 1.96. The van der Waals surface area contributed by atoms with Gasteiger partial charge >= 0.3 is 5.97 Å². The third kappa shape index (κ3) is 2.85. The molecule has 0 radical (unpaired) electrons. The Hall–Kier alpha value is -2.51. The molecule has 0 aliphatic carbocycles. The van der Waals surface area contributed by atoms with Crippen LogP contribution in [0, 0.1) is 0 Å². The van der Waals surface area contributed by atoms with Crippen molar-refractivity contribution in [2.45, 2.75) is 6.92 Å². The molecule has 7 heteroatoms. The Kier molecular flexibility index (Phi) is 3.89. The zero-order chi connectivity index (χ0) is 17.6. The minimum atomic E-state index is -0.411. The standard InChI is InChI=1S/C18H11BrN2O3S/c1-10(22)24-15-7-6-12(19)8-11(15)9-16-17(23)21-14-5-3-2-4-13(14)20-18(21)25-16/h2-9H,1H3. The maximum atomic E-state index is 12.8. The van der Waals surface area contributed by atoms with E-state index in [-0.39, 0.29) is 5.56 Å². The van der Waals surface area contributed by atoms with Crippen molar-refractivity contribution >= 4 is 55.3 Å². The molecule has 0 unspecified atom stereocenters. The summed E-state index contributed by atoms with van der Waals surface area (Å²) in [7, 11) is 0. The largest absolute Gasteiger partial charge is 0.426 e. The molecule has 2 aromatic carbocycles. The number of esters is 1. The number of rotatable bonds is 2. The average Bonchev–Trinajstić information content (AvgIpc) is 3.07. The van der Waals surface area contributed by atoms with Crippen molar-refractivity contribution in [3.63, 3.8) is 0 Å². The van der Waals surface area contributed by atoms with Gasteiger partial charge in [-0.05, 0) is 36.4 Å². The molecule has 124 valence electrons. The lowest BCUT2D eigenvalue weighted by atomic mass is 10.2. The van der Waals surface area contributed by atoms with Crippen molar-refractivity contribution in [1.82, 2.24) is 9.38 Å². The van der Waals surface area contributed by atoms with E-state index in [1.54, 1.807) is 28.7 Å². The highest BCUT2D eigenvalue weighted by atomic mass is 79.9. The molecule has 0 fully saturated rings. The number of hydrogen-bond acceptors (Lipinski definition) is 5. The first-order valence-corrected chi connectivity index (χ1v) is 9.03. The van der Waals surface area contributed by atoms with Crippen LogP contribution in [0.2, 0.25) is 0 Å². The number of benzene rings is 2. The van der Waals surface area contributed by atoms with E-state index in [2.05, 4.69) is 20.9 Å². The van der Waals surface area contributed by atoms with Crippen molar-refractivity contribution in [3.05, 3.63) is 67.4 Å². The minimum absolute atomic E-state index is 0.137. The Bertz CT molecular complexity index is 1240. The summed E-state index contributed by atoms with van der Waals surface area (Å²) >= 11 is 4.71. The fraction of sp³-hybridized carbons (Fsp3) is 0.0556. The third-order valence-corrected chi connectivity index (χ3v) is 5.12. The number of ether oxygens (including phenoxy) is 1. The van der Waals surface area contributed by atoms with Gasteiger partial charge in [0, 0.05) is 17.0 Å². The number of fused-ring (bicyclic) bond motifs is 3. The fourth-order valence-electron chi connectivity index (χ4n) is 2.63. The van der Waals surface area contributed by atoms with Crippen molar-refractivity contribution < 1.29 is 9.53 Å². The molecule has 25 heavy (non-hydrogen) atoms. The Labute approximate surface area is 154 Å². The first kappa shape index (κ1) is 16.0. The van der Waals surface area contributed by atoms with Crippen LogP contribution >= 0.6 is 27.3 Å². The molecule has 0 aliphatic heterocycles. The van der Waals surface area contributed by atoms with Crippen LogP contribution in [0.15, 0.2) is 51.7 Å². The summed E-state index contributed by atoms with van der Waals surface area (Å²) in [6.45, 7) is 1.34. The van der Waals surface area contributed by atoms with Gasteiger partial charge in [0.1, 0.15) is 5.75 Å². The van der Waals surface area contributed by atoms with Crippen LogP contribution in [0.1, 0.15) is 12.5 Å². The van der Waals surface area contributed by atoms with Crippen LogP contribution in [0.25, 0.3) is 22.1 Å². The lowest BCUT2D eigenvalue weighted by Gasteiger charge is -2.05. The molecular weight excluding hydrogens is 404 g/mol. The van der Waals surface area contributed by atoms with E-state index >= 15 is 0 Å². The van der Waals surface area contributed by atoms with Gasteiger partial charge in [-0.2, -0.15) is 0 Å². The van der Waals surface area contributed by atoms with Crippen LogP contribution in [-0.2, 0) is 4.79 Å². The second-order valence-corrected chi connectivity index (χ2v) is 7.33. The van der Waals surface area contributed by atoms with E-state index < -0.39 is 5.97 Å². The predicted octanol–water partition coefficient (Wildman–Crippen LogP) is 3.14. The summed E-state index contributed by atoms with van der Waals surface area (Å²) in [4.78, 5) is 29.2. The molecule has 4 aromatic rings. The van der Waals surface area contributed by atoms with Gasteiger partial charge in [0.2, 0.25) is 0 Å². The molecule has 0 bridgehead atoms. The number of hydrogen-bond donors (Lipinski definition) is 0. The SMILES string of the molecule is CC(=O)Oc1ccc(Br)cc1C=c1sc2nc3ccccc3n2c1=O. The molecular formula is C18H11BrN2O3S. The lowest BCUT2D eigenvalue weighted by Crippen LogP contribution is -2.22. The summed E-state index contributed by atoms with van der Waals surface area (Å²) in [5, 5.41) is 0. The summed E-state index contributed by atoms with van der Waals surface area (Å²) in [5.41, 5.74) is 2.09. The van der Waals surface area contributed by atoms with Crippen LogP contribution in [0.3, 0.4) is 0 Å². The number of carbonyl (C=O) groups is 1. The summed E-state index contributed by atoms with van der Waals surface area (Å²) in [6, 6.07) is 12.8. The molecule has 4 rings (SSSR count). The summed E-state index contributed by atoms with van der Waals surface area (Å²) < 4.78 is 8.19. The highest BCUT2D eigenvalue weighted by molar-refractivity contribution is 9.10. The van der Waals surface area contributed by atoms with Crippen molar-refractivity contribution in [2.75, 3.05) is 0 Å². The van der Waals surface area contributed by atoms with E-state index in [0.29, 0.717) is 20.8 Å². The monoisotopic (exact) mass is 414 g/mol. The zero-order valence-corrected chi connectivity index (χ0v) is 15.4. The molecule has 2 heterocycles. The van der Waals surface area contributed by atoms with E-state index in [0.717, 1.165) is 15.5 Å². The van der Waals surface area contributed by atoms with Gasteiger partial charge in [-0.25, -0.2) is 9.38 Å². The molecule has 0 saturated carbocycles. The van der Waals surface area contributed by atoms with Crippen LogP contribution in [0.4, 0.5) is 0 Å². The topological polar surface area (TPSA) is 60.7 Å². The van der Waals surface area contributed by atoms with Crippen LogP contribution in [-0.4, -0.2) is 15.4 Å². The van der Waals surface area contributed by atoms with E-state index in [4.69, 9.17) is 4.74 Å². The number of thiazole rings is 1. The smallest absolute Gasteiger partial charge is 0.308 e. The fourth-order valence-corrected chi connectivity index (χ4v) is 3.99. The Morgan fingerprint density at radius 3 is 2.88 bits per heavy atom. The van der Waals surface area contributed by atoms with Crippen LogP contribution in [0.5, 0.6) is 5.75 Å². The number of para-hydroxylation sites is 2. The molecule has 0 N–H and O–H groups in total. The summed E-state index contributed by atoms with van der Waals surface area (Å²) in [5.74, 6) is -0.00251. The predicted molar refractivity (Wildman–Crippen MR) is 101 cm³/mol. The summed E-state index contributed by atoms with van der Waals surface area (Å²) in [6.07, 6.45) is 1.72. The van der Waals surface area contributed by atoms with Gasteiger partial charge in [0.05, 0.1) is 15.6 Å². The van der Waals surface area contributed by atoms with Gasteiger partial charge in [-0.3, -0.25) is 9.59 Å². The Morgan fingerprint density at radius 2 is 2.08 bits per heavy atom. The van der Waals surface area contributed by atoms with Crippen molar-refractivity contribution in [2.24, 2.45) is 0 Å². The quantitative estimate of drug-likeness (QED) is 0.373. The maximum absolute atomic E-state index is 12.8. The van der Waals surface area contributed by atoms with Crippen molar-refractivity contribution in [1.29, 1.82) is 0 Å². The number of aromatic nitrogens is 2. The highest BCUT2D eigenvalue weighted by Crippen LogP contribution is 2.24. The van der Waals surface area contributed by atoms with Gasteiger partial charge in [0.15, 0.2) is 4.96 Å². The molecule has 0 amide bonds. The average molecular weight is 415 g/mol. The highest BCUT2D eigenvalue weighted by Gasteiger charge is 2.12. The first-order chi connectivity index (χ1) is 12.0. The second-order valence-electron chi connectivity index (χ2n) is 5.41. The van der Waals surface area contributed by atoms with Crippen molar-refractivity contribution in [3.8, 4) is 5.75 Å². The minimum Gasteiger partial charge on any atom is -0.426 e. The van der Waals surface area contributed by atoms with E-state index in [9.17, 15) is 9.59 Å². The van der Waals surface area contributed by atoms with E-state index in [1.165, 1.54) is 18.3 Å². The number of carbonyl (C=O) groups excluding carboxylic acids is 1. The Morgan fingerprint density at radius 1 is 1.28 bits per heavy atom. The van der Waals surface area contributed by atoms with Gasteiger partial charge in [-0.1, -0.05) is 39.4 Å². The van der Waals surface area contributed by atoms with Gasteiger partial charge < -0.3 is 4.74 Å². The molecule has 0 atom stereocenters. The van der Waals surface area contributed by atoms with Gasteiger partial charge in [-0.15, -0.1) is 0 Å². The molecule has 5 nitrogen and oxygen atoms in total. The number of nitrogens with zero attached hydrogens (tertiary/aromatic N) is 2. The molecule has 0 spiro atoms. The molecule has 2 aromatic heterocycles. The first-order valence-electron chi connectivity index (χ1n) is 7.42. The maximum Gasteiger partial charge on any atom is 0.308 e. The molecule has 0 saturated heterocycles. The normalized spacial score (nSPS) is 12.2. The molecule has 0 aliphatic rings. The van der Waals surface area contributed by atoms with Gasteiger partial charge in [0.25, 0.3) is 5.56 Å². The zero-order valence-electron chi connectivity index (χ0n) is 13.0. The second kappa shape index (κ2) is 6.09. The number of halogens is 1. The van der Waals surface area contributed by atoms with E-state index in [1.807, 2.05) is 24.3 Å². The number of imidazole rings is 1. The van der Waals surface area contributed by atoms with Crippen LogP contribution < -0.4 is 14.8 Å². The lowest BCUT2D eigenvalue weighted by molar-refractivity contribution is -0.131. The third-order valence-electron chi connectivity index (χ3n) is 3.66.